The van der Waals surface area contributed by atoms with Gasteiger partial charge in [0.15, 0.2) is 0 Å². The first kappa shape index (κ1) is 16.7. The van der Waals surface area contributed by atoms with Gasteiger partial charge in [-0.3, -0.25) is 0 Å². The third-order valence-electron chi connectivity index (χ3n) is 4.91. The van der Waals surface area contributed by atoms with Crippen LogP contribution >= 0.6 is 11.9 Å². The number of nitrogens with one attached hydrogen (secondary N) is 2. The first-order chi connectivity index (χ1) is 10.3. The van der Waals surface area contributed by atoms with Gasteiger partial charge < -0.3 is 10.0 Å². The van der Waals surface area contributed by atoms with E-state index in [0.29, 0.717) is 5.41 Å². The lowest BCUT2D eigenvalue weighted by Gasteiger charge is -2.21. The summed E-state index contributed by atoms with van der Waals surface area (Å²) < 4.78 is 3.48. The van der Waals surface area contributed by atoms with Crippen LogP contribution in [0.3, 0.4) is 0 Å². The zero-order valence-electron chi connectivity index (χ0n) is 13.9. The van der Waals surface area contributed by atoms with Crippen LogP contribution in [-0.2, 0) is 5.41 Å². The van der Waals surface area contributed by atoms with Crippen LogP contribution in [0.5, 0.6) is 0 Å². The minimum Gasteiger partial charge on any atom is -0.330 e. The summed E-state index contributed by atoms with van der Waals surface area (Å²) in [7, 11) is 0. The molecule has 118 valence electrons. The molecule has 21 heavy (non-hydrogen) atoms. The highest BCUT2D eigenvalue weighted by Gasteiger charge is 2.65. The molecule has 1 aliphatic heterocycles. The number of fused-ring (bicyclic) bond motifs is 1. The molecule has 1 aromatic carbocycles. The fourth-order valence-electron chi connectivity index (χ4n) is 3.91. The smallest absolute Gasteiger partial charge is 0.0442 e. The number of anilines is 1. The summed E-state index contributed by atoms with van der Waals surface area (Å²) in [6.45, 7) is 11.0. The Morgan fingerprint density at radius 2 is 1.95 bits per heavy atom. The number of benzene rings is 1. The molecule has 1 unspecified atom stereocenters. The SMILES string of the molecule is CC.CCCSNc1cccc(C2(CC)[C@@H]3CNC[C@@H]32)c1. The summed E-state index contributed by atoms with van der Waals surface area (Å²) in [6.07, 6.45) is 2.49. The van der Waals surface area contributed by atoms with Crippen molar-refractivity contribution in [3.63, 3.8) is 0 Å². The van der Waals surface area contributed by atoms with Crippen LogP contribution in [0.1, 0.15) is 46.1 Å². The van der Waals surface area contributed by atoms with Gasteiger partial charge in [-0.1, -0.05) is 51.8 Å². The Morgan fingerprint density at radius 1 is 1.24 bits per heavy atom. The van der Waals surface area contributed by atoms with E-state index in [1.54, 1.807) is 5.56 Å². The van der Waals surface area contributed by atoms with Gasteiger partial charge in [0, 0.05) is 16.9 Å². The lowest BCUT2D eigenvalue weighted by molar-refractivity contribution is 0.502. The number of hydrogen-bond acceptors (Lipinski definition) is 3. The molecule has 1 heterocycles. The van der Waals surface area contributed by atoms with Crippen LogP contribution in [0.2, 0.25) is 0 Å². The molecule has 3 rings (SSSR count). The average Bonchev–Trinajstić information content (AvgIpc) is 2.90. The van der Waals surface area contributed by atoms with E-state index in [9.17, 15) is 0 Å². The summed E-state index contributed by atoms with van der Waals surface area (Å²) in [4.78, 5) is 0. The van der Waals surface area contributed by atoms with E-state index >= 15 is 0 Å². The van der Waals surface area contributed by atoms with E-state index in [4.69, 9.17) is 0 Å². The fraction of sp³-hybridized carbons (Fsp3) is 0.667. The van der Waals surface area contributed by atoms with Crippen LogP contribution in [0, 0.1) is 11.8 Å². The zero-order valence-corrected chi connectivity index (χ0v) is 14.7. The maximum Gasteiger partial charge on any atom is 0.0442 e. The quantitative estimate of drug-likeness (QED) is 0.589. The van der Waals surface area contributed by atoms with Crippen LogP contribution in [-0.4, -0.2) is 18.8 Å². The van der Waals surface area contributed by atoms with E-state index in [2.05, 4.69) is 48.2 Å². The molecular formula is C18H30N2S. The lowest BCUT2D eigenvalue weighted by atomic mass is 9.87. The van der Waals surface area contributed by atoms with Gasteiger partial charge in [-0.15, -0.1) is 0 Å². The molecule has 2 fully saturated rings. The topological polar surface area (TPSA) is 24.1 Å². The highest BCUT2D eigenvalue weighted by molar-refractivity contribution is 8.00. The molecule has 1 aromatic rings. The van der Waals surface area contributed by atoms with Gasteiger partial charge >= 0.3 is 0 Å². The molecule has 0 bridgehead atoms. The second-order valence-electron chi connectivity index (χ2n) is 5.80. The van der Waals surface area contributed by atoms with Crippen molar-refractivity contribution in [2.75, 3.05) is 23.6 Å². The second kappa shape index (κ2) is 7.55. The molecule has 0 amide bonds. The summed E-state index contributed by atoms with van der Waals surface area (Å²) in [5.74, 6) is 2.91. The monoisotopic (exact) mass is 306 g/mol. The molecular weight excluding hydrogens is 276 g/mol. The Balaban J connectivity index is 0.000000774. The molecule has 3 heteroatoms. The Hall–Kier alpha value is -0.670. The Morgan fingerprint density at radius 3 is 2.57 bits per heavy atom. The molecule has 0 aromatic heterocycles. The van der Waals surface area contributed by atoms with Gasteiger partial charge in [-0.2, -0.15) is 0 Å². The van der Waals surface area contributed by atoms with Crippen LogP contribution in [0.15, 0.2) is 24.3 Å². The molecule has 3 atom stereocenters. The van der Waals surface area contributed by atoms with E-state index < -0.39 is 0 Å². The standard InChI is InChI=1S/C16H24N2S.C2H6/c1-3-8-19-18-13-7-5-6-12(9-13)16(4-2)14-10-17-11-15(14)16;1-2/h5-7,9,14-15,17-18H,3-4,8,10-11H2,1-2H3;1-2H3/t14-,15+,16?;. The van der Waals surface area contributed by atoms with E-state index in [1.165, 1.54) is 31.6 Å². The highest BCUT2D eigenvalue weighted by atomic mass is 32.2. The van der Waals surface area contributed by atoms with Crippen molar-refractivity contribution < 1.29 is 0 Å². The molecule has 0 spiro atoms. The number of hydrogen-bond donors (Lipinski definition) is 2. The number of rotatable bonds is 6. The summed E-state index contributed by atoms with van der Waals surface area (Å²) in [6, 6.07) is 9.11. The van der Waals surface area contributed by atoms with Crippen molar-refractivity contribution in [1.82, 2.24) is 5.32 Å². The van der Waals surface area contributed by atoms with E-state index in [1.807, 2.05) is 25.8 Å². The van der Waals surface area contributed by atoms with Gasteiger partial charge in [0.05, 0.1) is 0 Å². The normalized spacial score (nSPS) is 29.3. The molecule has 1 saturated carbocycles. The van der Waals surface area contributed by atoms with Crippen molar-refractivity contribution in [2.24, 2.45) is 11.8 Å². The van der Waals surface area contributed by atoms with Gasteiger partial charge in [0.25, 0.3) is 0 Å². The van der Waals surface area contributed by atoms with Gasteiger partial charge in [0.1, 0.15) is 0 Å². The summed E-state index contributed by atoms with van der Waals surface area (Å²) >= 11 is 1.81. The summed E-state index contributed by atoms with van der Waals surface area (Å²) in [5, 5.41) is 3.52. The van der Waals surface area contributed by atoms with Crippen molar-refractivity contribution in [2.45, 2.75) is 46.0 Å². The van der Waals surface area contributed by atoms with E-state index in [0.717, 1.165) is 17.6 Å². The van der Waals surface area contributed by atoms with Crippen LogP contribution in [0.25, 0.3) is 0 Å². The van der Waals surface area contributed by atoms with Crippen molar-refractivity contribution in [1.29, 1.82) is 0 Å². The molecule has 1 saturated heterocycles. The maximum absolute atomic E-state index is 3.52. The fourth-order valence-corrected chi connectivity index (χ4v) is 4.51. The summed E-state index contributed by atoms with van der Waals surface area (Å²) in [5.41, 5.74) is 3.29. The first-order valence-electron chi connectivity index (χ1n) is 8.52. The van der Waals surface area contributed by atoms with Crippen molar-refractivity contribution in [3.05, 3.63) is 29.8 Å². The largest absolute Gasteiger partial charge is 0.330 e. The molecule has 0 radical (unpaired) electrons. The molecule has 2 N–H and O–H groups in total. The van der Waals surface area contributed by atoms with Crippen molar-refractivity contribution >= 4 is 17.6 Å². The van der Waals surface area contributed by atoms with E-state index in [-0.39, 0.29) is 0 Å². The van der Waals surface area contributed by atoms with Gasteiger partial charge in [0.2, 0.25) is 0 Å². The predicted octanol–water partition coefficient (Wildman–Crippen LogP) is 4.68. The Labute approximate surface area is 134 Å². The molecule has 2 nitrogen and oxygen atoms in total. The predicted molar refractivity (Wildman–Crippen MR) is 96.0 cm³/mol. The third-order valence-corrected chi connectivity index (χ3v) is 5.90. The Kier molecular flexibility index (Phi) is 6.00. The molecule has 2 aliphatic rings. The zero-order chi connectivity index (χ0) is 15.3. The second-order valence-corrected chi connectivity index (χ2v) is 6.70. The average molecular weight is 307 g/mol. The number of piperidine rings is 1. The minimum atomic E-state index is 0.471. The third kappa shape index (κ3) is 3.09. The Bertz CT molecular complexity index is 437. The van der Waals surface area contributed by atoms with Crippen molar-refractivity contribution in [3.8, 4) is 0 Å². The molecule has 1 aliphatic carbocycles. The lowest BCUT2D eigenvalue weighted by Crippen LogP contribution is -2.24. The minimum absolute atomic E-state index is 0.471. The van der Waals surface area contributed by atoms with Gasteiger partial charge in [-0.05, 0) is 55.5 Å². The van der Waals surface area contributed by atoms with Crippen LogP contribution in [0.4, 0.5) is 5.69 Å². The van der Waals surface area contributed by atoms with Gasteiger partial charge in [-0.25, -0.2) is 0 Å². The van der Waals surface area contributed by atoms with Crippen LogP contribution < -0.4 is 10.0 Å². The first-order valence-corrected chi connectivity index (χ1v) is 9.50. The maximum atomic E-state index is 3.52. The highest BCUT2D eigenvalue weighted by Crippen LogP contribution is 2.63.